The summed E-state index contributed by atoms with van der Waals surface area (Å²) < 4.78 is 6.27. The van der Waals surface area contributed by atoms with Crippen LogP contribution in [0.2, 0.25) is 4.34 Å². The van der Waals surface area contributed by atoms with Crippen LogP contribution in [0.3, 0.4) is 0 Å². The van der Waals surface area contributed by atoms with Gasteiger partial charge in [0.25, 0.3) is 5.91 Å². The quantitative estimate of drug-likeness (QED) is 0.874. The Morgan fingerprint density at radius 3 is 2.84 bits per heavy atom. The number of aromatic nitrogens is 1. The van der Waals surface area contributed by atoms with Gasteiger partial charge in [0.15, 0.2) is 0 Å². The highest BCUT2D eigenvalue weighted by atomic mass is 35.5. The standard InChI is InChI=1S/C13H11ClN2O2S/c14-11-5-4-10(19-11)13(17)16-7-9(8-16)18-12-3-1-2-6-15-12/h1-6,9H,7-8H2. The van der Waals surface area contributed by atoms with Gasteiger partial charge in [-0.25, -0.2) is 4.98 Å². The van der Waals surface area contributed by atoms with E-state index >= 15 is 0 Å². The Hall–Kier alpha value is -1.59. The van der Waals surface area contributed by atoms with Crippen LogP contribution in [0.25, 0.3) is 0 Å². The largest absolute Gasteiger partial charge is 0.471 e. The first-order valence-electron chi connectivity index (χ1n) is 5.84. The molecule has 0 aromatic carbocycles. The summed E-state index contributed by atoms with van der Waals surface area (Å²) in [5.41, 5.74) is 0. The lowest BCUT2D eigenvalue weighted by Gasteiger charge is -2.38. The average molecular weight is 295 g/mol. The van der Waals surface area contributed by atoms with Gasteiger partial charge >= 0.3 is 0 Å². The van der Waals surface area contributed by atoms with E-state index < -0.39 is 0 Å². The molecule has 1 saturated heterocycles. The molecular weight excluding hydrogens is 284 g/mol. The molecule has 0 bridgehead atoms. The summed E-state index contributed by atoms with van der Waals surface area (Å²) in [5, 5.41) is 0. The SMILES string of the molecule is O=C(c1ccc(Cl)s1)N1CC(Oc2ccccn2)C1. The van der Waals surface area contributed by atoms with E-state index in [1.54, 1.807) is 23.2 Å². The molecule has 98 valence electrons. The maximum absolute atomic E-state index is 12.0. The van der Waals surface area contributed by atoms with E-state index in [2.05, 4.69) is 4.98 Å². The molecule has 19 heavy (non-hydrogen) atoms. The van der Waals surface area contributed by atoms with Gasteiger partial charge in [0, 0.05) is 12.3 Å². The topological polar surface area (TPSA) is 42.4 Å². The van der Waals surface area contributed by atoms with Crippen molar-refractivity contribution in [3.05, 3.63) is 45.7 Å². The zero-order valence-corrected chi connectivity index (χ0v) is 11.5. The molecule has 3 rings (SSSR count). The van der Waals surface area contributed by atoms with Crippen LogP contribution in [-0.2, 0) is 0 Å². The van der Waals surface area contributed by atoms with Crippen LogP contribution >= 0.6 is 22.9 Å². The number of ether oxygens (including phenoxy) is 1. The van der Waals surface area contributed by atoms with Crippen LogP contribution in [0.5, 0.6) is 5.88 Å². The third-order valence-corrected chi connectivity index (χ3v) is 4.06. The third-order valence-electron chi connectivity index (χ3n) is 2.84. The first-order chi connectivity index (χ1) is 9.22. The van der Waals surface area contributed by atoms with Crippen LogP contribution in [0, 0.1) is 0 Å². The van der Waals surface area contributed by atoms with Crippen LogP contribution in [0.4, 0.5) is 0 Å². The Bertz CT molecular complexity index is 581. The lowest BCUT2D eigenvalue weighted by atomic mass is 10.1. The van der Waals surface area contributed by atoms with E-state index in [0.29, 0.717) is 28.2 Å². The molecule has 1 fully saturated rings. The van der Waals surface area contributed by atoms with Crippen LogP contribution in [0.1, 0.15) is 9.67 Å². The minimum absolute atomic E-state index is 0.0118. The van der Waals surface area contributed by atoms with E-state index in [-0.39, 0.29) is 12.0 Å². The average Bonchev–Trinajstić information content (AvgIpc) is 2.80. The van der Waals surface area contributed by atoms with Gasteiger partial charge in [-0.05, 0) is 18.2 Å². The fraction of sp³-hybridized carbons (Fsp3) is 0.231. The normalized spacial score (nSPS) is 15.1. The number of pyridine rings is 1. The fourth-order valence-electron chi connectivity index (χ4n) is 1.85. The molecule has 2 aromatic heterocycles. The minimum Gasteiger partial charge on any atom is -0.471 e. The summed E-state index contributed by atoms with van der Waals surface area (Å²) in [5.74, 6) is 0.608. The zero-order valence-electron chi connectivity index (χ0n) is 9.95. The van der Waals surface area contributed by atoms with Gasteiger partial charge in [0.1, 0.15) is 6.10 Å². The lowest BCUT2D eigenvalue weighted by Crippen LogP contribution is -2.56. The number of carbonyl (C=O) groups excluding carboxylic acids is 1. The number of likely N-dealkylation sites (tertiary alicyclic amines) is 1. The van der Waals surface area contributed by atoms with Crippen molar-refractivity contribution < 1.29 is 9.53 Å². The van der Waals surface area contributed by atoms with Crippen molar-refractivity contribution in [2.75, 3.05) is 13.1 Å². The van der Waals surface area contributed by atoms with Crippen molar-refractivity contribution in [1.82, 2.24) is 9.88 Å². The van der Waals surface area contributed by atoms with Gasteiger partial charge in [-0.3, -0.25) is 4.79 Å². The molecule has 2 aromatic rings. The number of amides is 1. The van der Waals surface area contributed by atoms with Gasteiger partial charge in [0.2, 0.25) is 5.88 Å². The number of carbonyl (C=O) groups is 1. The number of halogens is 1. The highest BCUT2D eigenvalue weighted by Crippen LogP contribution is 2.25. The minimum atomic E-state index is 0.0118. The molecule has 1 aliphatic heterocycles. The van der Waals surface area contributed by atoms with Crippen molar-refractivity contribution in [2.45, 2.75) is 6.10 Å². The summed E-state index contributed by atoms with van der Waals surface area (Å²) >= 11 is 7.12. The Morgan fingerprint density at radius 2 is 2.21 bits per heavy atom. The van der Waals surface area contributed by atoms with Crippen molar-refractivity contribution in [1.29, 1.82) is 0 Å². The van der Waals surface area contributed by atoms with Gasteiger partial charge in [-0.1, -0.05) is 17.7 Å². The van der Waals surface area contributed by atoms with Crippen molar-refractivity contribution in [3.63, 3.8) is 0 Å². The maximum Gasteiger partial charge on any atom is 0.264 e. The van der Waals surface area contributed by atoms with E-state index in [1.165, 1.54) is 11.3 Å². The first kappa shape index (κ1) is 12.4. The van der Waals surface area contributed by atoms with Crippen LogP contribution in [-0.4, -0.2) is 35.0 Å². The highest BCUT2D eigenvalue weighted by Gasteiger charge is 2.33. The third kappa shape index (κ3) is 2.72. The van der Waals surface area contributed by atoms with E-state index in [0.717, 1.165) is 0 Å². The molecule has 3 heterocycles. The lowest BCUT2D eigenvalue weighted by molar-refractivity contribution is 0.0164. The molecule has 0 spiro atoms. The summed E-state index contributed by atoms with van der Waals surface area (Å²) in [6, 6.07) is 9.01. The van der Waals surface area contributed by atoms with Gasteiger partial charge in [-0.15, -0.1) is 11.3 Å². The predicted octanol–water partition coefficient (Wildman–Crippen LogP) is 2.70. The maximum atomic E-state index is 12.0. The monoisotopic (exact) mass is 294 g/mol. The molecule has 0 saturated carbocycles. The van der Waals surface area contributed by atoms with Crippen LogP contribution in [0.15, 0.2) is 36.5 Å². The number of hydrogen-bond donors (Lipinski definition) is 0. The summed E-state index contributed by atoms with van der Waals surface area (Å²) in [6.07, 6.45) is 1.71. The molecule has 1 aliphatic rings. The second kappa shape index (κ2) is 5.19. The van der Waals surface area contributed by atoms with Crippen molar-refractivity contribution in [3.8, 4) is 5.88 Å². The smallest absolute Gasteiger partial charge is 0.264 e. The Balaban J connectivity index is 1.54. The molecule has 0 unspecified atom stereocenters. The number of nitrogens with zero attached hydrogens (tertiary/aromatic N) is 2. The second-order valence-electron chi connectivity index (χ2n) is 4.22. The predicted molar refractivity (Wildman–Crippen MR) is 73.9 cm³/mol. The Kier molecular flexibility index (Phi) is 3.40. The number of hydrogen-bond acceptors (Lipinski definition) is 4. The summed E-state index contributed by atoms with van der Waals surface area (Å²) in [7, 11) is 0. The van der Waals surface area contributed by atoms with E-state index in [4.69, 9.17) is 16.3 Å². The molecule has 4 nitrogen and oxygen atoms in total. The van der Waals surface area contributed by atoms with Crippen molar-refractivity contribution >= 4 is 28.8 Å². The van der Waals surface area contributed by atoms with Gasteiger partial charge < -0.3 is 9.64 Å². The van der Waals surface area contributed by atoms with Gasteiger partial charge in [-0.2, -0.15) is 0 Å². The Labute approximate surface area is 119 Å². The molecule has 6 heteroatoms. The molecule has 0 N–H and O–H groups in total. The summed E-state index contributed by atoms with van der Waals surface area (Å²) in [4.78, 5) is 18.5. The van der Waals surface area contributed by atoms with E-state index in [1.807, 2.05) is 18.2 Å². The highest BCUT2D eigenvalue weighted by molar-refractivity contribution is 7.17. The molecule has 0 radical (unpaired) electrons. The second-order valence-corrected chi connectivity index (χ2v) is 5.94. The van der Waals surface area contributed by atoms with Gasteiger partial charge in [0.05, 0.1) is 22.3 Å². The van der Waals surface area contributed by atoms with Crippen molar-refractivity contribution in [2.24, 2.45) is 0 Å². The molecule has 1 amide bonds. The van der Waals surface area contributed by atoms with Crippen LogP contribution < -0.4 is 4.74 Å². The Morgan fingerprint density at radius 1 is 1.37 bits per heavy atom. The van der Waals surface area contributed by atoms with E-state index in [9.17, 15) is 4.79 Å². The molecule has 0 aliphatic carbocycles. The first-order valence-corrected chi connectivity index (χ1v) is 7.04. The zero-order chi connectivity index (χ0) is 13.2. The number of thiophene rings is 1. The molecular formula is C13H11ClN2O2S. The number of rotatable bonds is 3. The summed E-state index contributed by atoms with van der Waals surface area (Å²) in [6.45, 7) is 1.18. The molecule has 0 atom stereocenters. The fourth-order valence-corrected chi connectivity index (χ4v) is 2.86.